The molecule has 0 saturated heterocycles. The summed E-state index contributed by atoms with van der Waals surface area (Å²) in [5, 5.41) is 5.04. The lowest BCUT2D eigenvalue weighted by atomic mass is 9.93. The van der Waals surface area contributed by atoms with Crippen LogP contribution < -0.4 is 11.1 Å². The molecular formula is C16H22N2OS. The van der Waals surface area contributed by atoms with Crippen molar-refractivity contribution in [3.63, 3.8) is 0 Å². The third-order valence-corrected chi connectivity index (χ3v) is 5.09. The van der Waals surface area contributed by atoms with Crippen molar-refractivity contribution in [3.05, 3.63) is 21.9 Å². The molecule has 0 radical (unpaired) electrons. The van der Waals surface area contributed by atoms with Crippen LogP contribution in [-0.4, -0.2) is 18.5 Å². The van der Waals surface area contributed by atoms with Crippen molar-refractivity contribution in [1.29, 1.82) is 0 Å². The summed E-state index contributed by atoms with van der Waals surface area (Å²) in [7, 11) is 0. The van der Waals surface area contributed by atoms with E-state index in [9.17, 15) is 4.79 Å². The van der Waals surface area contributed by atoms with E-state index in [-0.39, 0.29) is 5.91 Å². The summed E-state index contributed by atoms with van der Waals surface area (Å²) in [5.41, 5.74) is 6.06. The lowest BCUT2D eigenvalue weighted by molar-refractivity contribution is 0.0927. The molecule has 3 unspecified atom stereocenters. The average molecular weight is 290 g/mol. The molecule has 0 bridgehead atoms. The highest BCUT2D eigenvalue weighted by molar-refractivity contribution is 7.10. The average Bonchev–Trinajstić information content (AvgIpc) is 3.04. The normalized spacial score (nSPS) is 25.1. The number of thiophene rings is 1. The molecule has 20 heavy (non-hydrogen) atoms. The van der Waals surface area contributed by atoms with Crippen LogP contribution in [0, 0.1) is 23.7 Å². The largest absolute Gasteiger partial charge is 0.349 e. The second kappa shape index (κ2) is 6.92. The van der Waals surface area contributed by atoms with Gasteiger partial charge in [-0.15, -0.1) is 11.3 Å². The Morgan fingerprint density at radius 1 is 1.55 bits per heavy atom. The highest BCUT2D eigenvalue weighted by Gasteiger charge is 2.32. The maximum absolute atomic E-state index is 12.3. The van der Waals surface area contributed by atoms with Crippen LogP contribution in [0.15, 0.2) is 11.4 Å². The van der Waals surface area contributed by atoms with Gasteiger partial charge in [-0.3, -0.25) is 4.79 Å². The summed E-state index contributed by atoms with van der Waals surface area (Å²) in [6, 6.07) is 2.16. The van der Waals surface area contributed by atoms with E-state index in [4.69, 9.17) is 5.73 Å². The molecule has 0 aromatic carbocycles. The van der Waals surface area contributed by atoms with Crippen molar-refractivity contribution in [2.75, 3.05) is 6.54 Å². The number of carbonyl (C=O) groups excluding carboxylic acids is 1. The van der Waals surface area contributed by atoms with Gasteiger partial charge in [-0.25, -0.2) is 0 Å². The van der Waals surface area contributed by atoms with E-state index < -0.39 is 0 Å². The van der Waals surface area contributed by atoms with Crippen LogP contribution in [-0.2, 0) is 0 Å². The van der Waals surface area contributed by atoms with Crippen LogP contribution in [0.3, 0.4) is 0 Å². The molecule has 1 aromatic heterocycles. The zero-order chi connectivity index (χ0) is 14.5. The minimum atomic E-state index is 0.0238. The summed E-state index contributed by atoms with van der Waals surface area (Å²) in [5.74, 6) is 7.11. The van der Waals surface area contributed by atoms with Gasteiger partial charge in [0.2, 0.25) is 0 Å². The Bertz CT molecular complexity index is 526. The number of hydrogen-bond acceptors (Lipinski definition) is 3. The lowest BCUT2D eigenvalue weighted by Gasteiger charge is -2.20. The first-order chi connectivity index (χ1) is 9.65. The Hall–Kier alpha value is -1.31. The van der Waals surface area contributed by atoms with Crippen molar-refractivity contribution >= 4 is 17.2 Å². The molecule has 1 amide bonds. The molecule has 3 nitrogen and oxygen atoms in total. The fraction of sp³-hybridized carbons (Fsp3) is 0.562. The molecule has 1 saturated carbocycles. The van der Waals surface area contributed by atoms with Gasteiger partial charge in [-0.2, -0.15) is 0 Å². The van der Waals surface area contributed by atoms with E-state index >= 15 is 0 Å². The highest BCUT2D eigenvalue weighted by Crippen LogP contribution is 2.34. The molecule has 1 heterocycles. The number of amides is 1. The number of nitrogens with two attached hydrogens (primary N) is 1. The quantitative estimate of drug-likeness (QED) is 0.841. The number of hydrogen-bond donors (Lipinski definition) is 2. The van der Waals surface area contributed by atoms with Crippen LogP contribution in [0.4, 0.5) is 0 Å². The minimum absolute atomic E-state index is 0.0238. The van der Waals surface area contributed by atoms with Gasteiger partial charge in [0.15, 0.2) is 0 Å². The molecule has 0 aliphatic heterocycles. The van der Waals surface area contributed by atoms with Crippen LogP contribution in [0.25, 0.3) is 0 Å². The van der Waals surface area contributed by atoms with E-state index in [0.717, 1.165) is 17.2 Å². The van der Waals surface area contributed by atoms with Gasteiger partial charge in [-0.05, 0) is 30.7 Å². The Labute approximate surface area is 124 Å². The molecule has 0 spiro atoms. The standard InChI is InChI=1S/C16H22N2OS/c1-3-12-6-7-15(11(12)2)18-16(19)13-9-14(20-10-13)5-4-8-17/h9-12,15H,3,6-8,17H2,1-2H3,(H,18,19). The van der Waals surface area contributed by atoms with E-state index in [1.54, 1.807) is 0 Å². The van der Waals surface area contributed by atoms with Crippen molar-refractivity contribution in [2.45, 2.75) is 39.2 Å². The monoisotopic (exact) mass is 290 g/mol. The van der Waals surface area contributed by atoms with Crippen LogP contribution in [0.2, 0.25) is 0 Å². The SMILES string of the molecule is CCC1CCC(NC(=O)c2csc(C#CCN)c2)C1C. The topological polar surface area (TPSA) is 55.1 Å². The first-order valence-electron chi connectivity index (χ1n) is 7.24. The van der Waals surface area contributed by atoms with E-state index in [1.165, 1.54) is 24.2 Å². The zero-order valence-corrected chi connectivity index (χ0v) is 12.9. The van der Waals surface area contributed by atoms with E-state index in [1.807, 2.05) is 11.4 Å². The van der Waals surface area contributed by atoms with Crippen molar-refractivity contribution in [2.24, 2.45) is 17.6 Å². The summed E-state index contributed by atoms with van der Waals surface area (Å²) in [6.07, 6.45) is 3.51. The predicted molar refractivity (Wildman–Crippen MR) is 83.7 cm³/mol. The molecule has 1 aliphatic carbocycles. The minimum Gasteiger partial charge on any atom is -0.349 e. The highest BCUT2D eigenvalue weighted by atomic mass is 32.1. The summed E-state index contributed by atoms with van der Waals surface area (Å²) in [4.78, 5) is 13.1. The predicted octanol–water partition coefficient (Wildman–Crippen LogP) is 2.61. The number of nitrogens with one attached hydrogen (secondary N) is 1. The van der Waals surface area contributed by atoms with Crippen LogP contribution in [0.5, 0.6) is 0 Å². The summed E-state index contributed by atoms with van der Waals surface area (Å²) < 4.78 is 0. The summed E-state index contributed by atoms with van der Waals surface area (Å²) in [6.45, 7) is 4.82. The maximum atomic E-state index is 12.3. The van der Waals surface area contributed by atoms with Gasteiger partial charge in [0.1, 0.15) is 0 Å². The number of rotatable bonds is 3. The van der Waals surface area contributed by atoms with Crippen molar-refractivity contribution in [3.8, 4) is 11.8 Å². The van der Waals surface area contributed by atoms with E-state index in [2.05, 4.69) is 31.0 Å². The third-order valence-electron chi connectivity index (χ3n) is 4.24. The summed E-state index contributed by atoms with van der Waals surface area (Å²) >= 11 is 1.49. The van der Waals surface area contributed by atoms with Crippen molar-refractivity contribution < 1.29 is 4.79 Å². The molecule has 2 rings (SSSR count). The molecular weight excluding hydrogens is 268 g/mol. The van der Waals surface area contributed by atoms with Gasteiger partial charge in [0, 0.05) is 11.4 Å². The lowest BCUT2D eigenvalue weighted by Crippen LogP contribution is -2.37. The Morgan fingerprint density at radius 2 is 2.35 bits per heavy atom. The van der Waals surface area contributed by atoms with Gasteiger partial charge in [0.25, 0.3) is 5.91 Å². The fourth-order valence-corrected chi connectivity index (χ4v) is 3.69. The Balaban J connectivity index is 1.97. The van der Waals surface area contributed by atoms with Crippen LogP contribution in [0.1, 0.15) is 48.3 Å². The first kappa shape index (κ1) is 15.1. The van der Waals surface area contributed by atoms with Crippen LogP contribution >= 0.6 is 11.3 Å². The van der Waals surface area contributed by atoms with E-state index in [0.29, 0.717) is 24.1 Å². The van der Waals surface area contributed by atoms with Gasteiger partial charge in [0.05, 0.1) is 17.0 Å². The molecule has 4 heteroatoms. The molecule has 1 aromatic rings. The van der Waals surface area contributed by atoms with Crippen molar-refractivity contribution in [1.82, 2.24) is 5.32 Å². The van der Waals surface area contributed by atoms with Gasteiger partial charge in [-0.1, -0.05) is 32.1 Å². The maximum Gasteiger partial charge on any atom is 0.252 e. The smallest absolute Gasteiger partial charge is 0.252 e. The Kier molecular flexibility index (Phi) is 5.22. The molecule has 1 aliphatic rings. The molecule has 3 N–H and O–H groups in total. The third kappa shape index (κ3) is 3.41. The molecule has 3 atom stereocenters. The van der Waals surface area contributed by atoms with Gasteiger partial charge >= 0.3 is 0 Å². The first-order valence-corrected chi connectivity index (χ1v) is 8.12. The second-order valence-corrected chi connectivity index (χ2v) is 6.30. The number of carbonyl (C=O) groups is 1. The second-order valence-electron chi connectivity index (χ2n) is 5.39. The molecule has 108 valence electrons. The Morgan fingerprint density at radius 3 is 3.00 bits per heavy atom. The molecule has 1 fully saturated rings. The zero-order valence-electron chi connectivity index (χ0n) is 12.1. The van der Waals surface area contributed by atoms with Gasteiger partial charge < -0.3 is 11.1 Å². The fourth-order valence-electron chi connectivity index (χ4n) is 2.94.